The molecule has 0 saturated carbocycles. The Morgan fingerprint density at radius 3 is 2.80 bits per heavy atom. The predicted octanol–water partition coefficient (Wildman–Crippen LogP) is 2.79. The van der Waals surface area contributed by atoms with Crippen molar-refractivity contribution in [3.63, 3.8) is 0 Å². The minimum Gasteiger partial charge on any atom is -0.495 e. The van der Waals surface area contributed by atoms with Crippen molar-refractivity contribution in [3.8, 4) is 5.75 Å². The molecule has 1 atom stereocenters. The lowest BCUT2D eigenvalue weighted by molar-refractivity contribution is -0.927. The number of para-hydroxylation sites is 2. The summed E-state index contributed by atoms with van der Waals surface area (Å²) in [4.78, 5) is 3.68. The van der Waals surface area contributed by atoms with Crippen LogP contribution in [-0.2, 0) is 6.54 Å². The number of hydrogen-bond acceptors (Lipinski definition) is 2. The molecule has 1 heterocycles. The fourth-order valence-electron chi connectivity index (χ4n) is 3.12. The molecule has 4 nitrogen and oxygen atoms in total. The van der Waals surface area contributed by atoms with E-state index in [1.54, 1.807) is 7.11 Å². The number of halogens is 1. The van der Waals surface area contributed by atoms with Crippen molar-refractivity contribution >= 4 is 34.6 Å². The Kier molecular flexibility index (Phi) is 6.13. The minimum atomic E-state index is 0.737. The third-order valence-electron chi connectivity index (χ3n) is 4.41. The normalized spacial score (nSPS) is 17.2. The van der Waals surface area contributed by atoms with Crippen molar-refractivity contribution in [3.05, 3.63) is 59.1 Å². The molecular formula is C19H23ClN3OS+. The van der Waals surface area contributed by atoms with Crippen LogP contribution in [0.2, 0.25) is 5.02 Å². The van der Waals surface area contributed by atoms with Crippen LogP contribution in [0, 0.1) is 0 Å². The first-order chi connectivity index (χ1) is 12.2. The number of anilines is 1. The SMILES string of the molecule is COc1ccccc1NC(=S)N1CCC[NH+](Cc2ccccc2Cl)C1. The third kappa shape index (κ3) is 4.63. The second-order valence-electron chi connectivity index (χ2n) is 6.17. The summed E-state index contributed by atoms with van der Waals surface area (Å²) in [6.07, 6.45) is 1.10. The summed E-state index contributed by atoms with van der Waals surface area (Å²) < 4.78 is 5.39. The van der Waals surface area contributed by atoms with E-state index in [2.05, 4.69) is 16.3 Å². The van der Waals surface area contributed by atoms with Crippen LogP contribution in [0.5, 0.6) is 5.75 Å². The molecule has 0 radical (unpaired) electrons. The first kappa shape index (κ1) is 18.0. The second-order valence-corrected chi connectivity index (χ2v) is 6.97. The van der Waals surface area contributed by atoms with Gasteiger partial charge >= 0.3 is 0 Å². The third-order valence-corrected chi connectivity index (χ3v) is 5.14. The number of benzene rings is 2. The first-order valence-electron chi connectivity index (χ1n) is 8.43. The van der Waals surface area contributed by atoms with Gasteiger partial charge in [-0.15, -0.1) is 0 Å². The van der Waals surface area contributed by atoms with Crippen LogP contribution in [-0.4, -0.2) is 36.9 Å². The monoisotopic (exact) mass is 376 g/mol. The van der Waals surface area contributed by atoms with E-state index in [9.17, 15) is 0 Å². The summed E-state index contributed by atoms with van der Waals surface area (Å²) in [5.41, 5.74) is 2.08. The molecule has 2 aromatic carbocycles. The molecule has 6 heteroatoms. The molecule has 0 bridgehead atoms. The van der Waals surface area contributed by atoms with Crippen LogP contribution >= 0.6 is 23.8 Å². The molecule has 1 aliphatic rings. The molecule has 1 saturated heterocycles. The van der Waals surface area contributed by atoms with Gasteiger partial charge in [-0.1, -0.05) is 41.9 Å². The van der Waals surface area contributed by atoms with Crippen LogP contribution in [0.25, 0.3) is 0 Å². The molecule has 2 N–H and O–H groups in total. The van der Waals surface area contributed by atoms with Gasteiger partial charge in [0.1, 0.15) is 12.3 Å². The van der Waals surface area contributed by atoms with Gasteiger partial charge in [-0.05, 0) is 30.4 Å². The van der Waals surface area contributed by atoms with Gasteiger partial charge in [-0.2, -0.15) is 0 Å². The predicted molar refractivity (Wildman–Crippen MR) is 106 cm³/mol. The molecule has 1 unspecified atom stereocenters. The highest BCUT2D eigenvalue weighted by Crippen LogP contribution is 2.23. The maximum atomic E-state index is 6.30. The highest BCUT2D eigenvalue weighted by Gasteiger charge is 2.23. The van der Waals surface area contributed by atoms with E-state index >= 15 is 0 Å². The Morgan fingerprint density at radius 1 is 1.24 bits per heavy atom. The number of ether oxygens (including phenoxy) is 1. The van der Waals surface area contributed by atoms with Gasteiger partial charge in [-0.25, -0.2) is 0 Å². The Labute approximate surface area is 159 Å². The Hall–Kier alpha value is -1.82. The molecule has 0 aromatic heterocycles. The van der Waals surface area contributed by atoms with Crippen molar-refractivity contribution in [2.24, 2.45) is 0 Å². The zero-order valence-electron chi connectivity index (χ0n) is 14.3. The van der Waals surface area contributed by atoms with Gasteiger partial charge in [0.25, 0.3) is 0 Å². The quantitative estimate of drug-likeness (QED) is 0.803. The first-order valence-corrected chi connectivity index (χ1v) is 9.22. The maximum Gasteiger partial charge on any atom is 0.177 e. The van der Waals surface area contributed by atoms with E-state index in [1.807, 2.05) is 42.5 Å². The highest BCUT2D eigenvalue weighted by molar-refractivity contribution is 7.80. The lowest BCUT2D eigenvalue weighted by Crippen LogP contribution is -3.13. The highest BCUT2D eigenvalue weighted by atomic mass is 35.5. The Bertz CT molecular complexity index is 740. The van der Waals surface area contributed by atoms with Crippen LogP contribution in [0.3, 0.4) is 0 Å². The van der Waals surface area contributed by atoms with Crippen LogP contribution in [0.4, 0.5) is 5.69 Å². The summed E-state index contributed by atoms with van der Waals surface area (Å²) in [5, 5.41) is 4.89. The molecule has 132 valence electrons. The number of quaternary nitrogens is 1. The fourth-order valence-corrected chi connectivity index (χ4v) is 3.59. The van der Waals surface area contributed by atoms with Gasteiger partial charge in [0.05, 0.1) is 19.3 Å². The average Bonchev–Trinajstić information content (AvgIpc) is 2.64. The van der Waals surface area contributed by atoms with Crippen LogP contribution in [0.1, 0.15) is 12.0 Å². The topological polar surface area (TPSA) is 28.9 Å². The summed E-state index contributed by atoms with van der Waals surface area (Å²) in [7, 11) is 1.67. The fraction of sp³-hybridized carbons (Fsp3) is 0.316. The van der Waals surface area contributed by atoms with Gasteiger partial charge in [0.2, 0.25) is 0 Å². The van der Waals surface area contributed by atoms with Crippen molar-refractivity contribution in [2.45, 2.75) is 13.0 Å². The Balaban J connectivity index is 1.63. The van der Waals surface area contributed by atoms with Crippen molar-refractivity contribution in [1.29, 1.82) is 0 Å². The van der Waals surface area contributed by atoms with Crippen LogP contribution in [0.15, 0.2) is 48.5 Å². The molecule has 0 aliphatic carbocycles. The lowest BCUT2D eigenvalue weighted by Gasteiger charge is -2.34. The lowest BCUT2D eigenvalue weighted by atomic mass is 10.2. The number of nitrogens with zero attached hydrogens (tertiary/aromatic N) is 1. The van der Waals surface area contributed by atoms with Gasteiger partial charge in [0, 0.05) is 23.6 Å². The van der Waals surface area contributed by atoms with E-state index in [1.165, 1.54) is 10.5 Å². The maximum absolute atomic E-state index is 6.30. The second kappa shape index (κ2) is 8.52. The number of rotatable bonds is 4. The van der Waals surface area contributed by atoms with Gasteiger partial charge in [-0.3, -0.25) is 0 Å². The van der Waals surface area contributed by atoms with E-state index in [4.69, 9.17) is 28.6 Å². The number of thiocarbonyl (C=S) groups is 1. The standard InChI is InChI=1S/C19H22ClN3OS/c1-24-18-10-5-4-9-17(18)21-19(25)23-12-6-11-22(14-23)13-15-7-2-3-8-16(15)20/h2-5,7-10H,6,11-14H2,1H3,(H,21,25)/p+1. The van der Waals surface area contributed by atoms with Crippen molar-refractivity contribution in [1.82, 2.24) is 4.90 Å². The van der Waals surface area contributed by atoms with E-state index in [0.717, 1.165) is 54.3 Å². The molecule has 25 heavy (non-hydrogen) atoms. The van der Waals surface area contributed by atoms with E-state index < -0.39 is 0 Å². The summed E-state index contributed by atoms with van der Waals surface area (Å²) in [6, 6.07) is 15.9. The number of hydrogen-bond donors (Lipinski definition) is 2. The molecule has 2 aromatic rings. The van der Waals surface area contributed by atoms with Crippen molar-refractivity contribution in [2.75, 3.05) is 32.2 Å². The van der Waals surface area contributed by atoms with Crippen LogP contribution < -0.4 is 15.0 Å². The molecule has 0 amide bonds. The number of nitrogens with one attached hydrogen (secondary N) is 2. The zero-order chi connectivity index (χ0) is 17.6. The summed E-state index contributed by atoms with van der Waals surface area (Å²) >= 11 is 11.9. The Morgan fingerprint density at radius 2 is 2.00 bits per heavy atom. The molecular weight excluding hydrogens is 354 g/mol. The molecule has 0 spiro atoms. The molecule has 1 aliphatic heterocycles. The van der Waals surface area contributed by atoms with Crippen molar-refractivity contribution < 1.29 is 9.64 Å². The smallest absolute Gasteiger partial charge is 0.177 e. The molecule has 1 fully saturated rings. The van der Waals surface area contributed by atoms with E-state index in [0.29, 0.717) is 0 Å². The van der Waals surface area contributed by atoms with Gasteiger partial charge < -0.3 is 19.9 Å². The number of methoxy groups -OCH3 is 1. The minimum absolute atomic E-state index is 0.737. The largest absolute Gasteiger partial charge is 0.495 e. The van der Waals surface area contributed by atoms with E-state index in [-0.39, 0.29) is 0 Å². The summed E-state index contributed by atoms with van der Waals surface area (Å²) in [6.45, 7) is 3.87. The average molecular weight is 377 g/mol. The summed E-state index contributed by atoms with van der Waals surface area (Å²) in [5.74, 6) is 0.794. The zero-order valence-corrected chi connectivity index (χ0v) is 15.9. The van der Waals surface area contributed by atoms with Gasteiger partial charge in [0.15, 0.2) is 11.8 Å². The molecule has 3 rings (SSSR count).